The van der Waals surface area contributed by atoms with Crippen LogP contribution in [-0.4, -0.2) is 25.6 Å². The van der Waals surface area contributed by atoms with Crippen LogP contribution in [0.2, 0.25) is 5.02 Å². The standard InChI is InChI=1S/C13H17ClN2O2/c14-12-7-10(1-2-11(12)13(15)17)18-8-9-3-5-16-6-4-9/h1-2,7,9,16H,3-6,8H2,(H2,15,17). The molecule has 0 spiro atoms. The molecule has 0 unspecified atom stereocenters. The average Bonchev–Trinajstić information content (AvgIpc) is 2.37. The maximum absolute atomic E-state index is 11.0. The quantitative estimate of drug-likeness (QED) is 0.875. The predicted molar refractivity (Wildman–Crippen MR) is 71.1 cm³/mol. The number of ether oxygens (including phenoxy) is 1. The molecule has 98 valence electrons. The number of carbonyl (C=O) groups excluding carboxylic acids is 1. The van der Waals surface area contributed by atoms with Crippen molar-refractivity contribution in [1.29, 1.82) is 0 Å². The van der Waals surface area contributed by atoms with Crippen molar-refractivity contribution in [3.05, 3.63) is 28.8 Å². The van der Waals surface area contributed by atoms with Gasteiger partial charge in [0.15, 0.2) is 0 Å². The maximum Gasteiger partial charge on any atom is 0.250 e. The van der Waals surface area contributed by atoms with Gasteiger partial charge in [0.25, 0.3) is 0 Å². The van der Waals surface area contributed by atoms with E-state index >= 15 is 0 Å². The van der Waals surface area contributed by atoms with Crippen LogP contribution in [0.1, 0.15) is 23.2 Å². The lowest BCUT2D eigenvalue weighted by Gasteiger charge is -2.22. The van der Waals surface area contributed by atoms with Crippen LogP contribution in [0.4, 0.5) is 0 Å². The van der Waals surface area contributed by atoms with Crippen LogP contribution in [0.3, 0.4) is 0 Å². The molecule has 1 aliphatic heterocycles. The minimum atomic E-state index is -0.523. The largest absolute Gasteiger partial charge is 0.493 e. The van der Waals surface area contributed by atoms with Crippen LogP contribution in [-0.2, 0) is 0 Å². The van der Waals surface area contributed by atoms with Crippen molar-refractivity contribution in [3.8, 4) is 5.75 Å². The third-order valence-corrected chi connectivity index (χ3v) is 3.46. The minimum absolute atomic E-state index is 0.325. The van der Waals surface area contributed by atoms with E-state index < -0.39 is 5.91 Å². The van der Waals surface area contributed by atoms with Crippen molar-refractivity contribution >= 4 is 17.5 Å². The van der Waals surface area contributed by atoms with Crippen molar-refractivity contribution in [2.24, 2.45) is 11.7 Å². The summed E-state index contributed by atoms with van der Waals surface area (Å²) in [6.07, 6.45) is 2.26. The van der Waals surface area contributed by atoms with Crippen LogP contribution in [0.5, 0.6) is 5.75 Å². The summed E-state index contributed by atoms with van der Waals surface area (Å²) in [5.74, 6) is 0.745. The molecule has 0 aromatic heterocycles. The SMILES string of the molecule is NC(=O)c1ccc(OCC2CCNCC2)cc1Cl. The van der Waals surface area contributed by atoms with Crippen molar-refractivity contribution in [2.75, 3.05) is 19.7 Å². The lowest BCUT2D eigenvalue weighted by Crippen LogP contribution is -2.30. The molecular formula is C13H17ClN2O2. The number of benzene rings is 1. The van der Waals surface area contributed by atoms with Crippen molar-refractivity contribution in [2.45, 2.75) is 12.8 Å². The molecule has 5 heteroatoms. The Labute approximate surface area is 111 Å². The first-order chi connectivity index (χ1) is 8.66. The summed E-state index contributed by atoms with van der Waals surface area (Å²) in [5, 5.41) is 3.65. The second-order valence-corrected chi connectivity index (χ2v) is 4.92. The van der Waals surface area contributed by atoms with Crippen molar-refractivity contribution in [1.82, 2.24) is 5.32 Å². The number of primary amides is 1. The summed E-state index contributed by atoms with van der Waals surface area (Å²) in [5.41, 5.74) is 5.51. The molecule has 0 saturated carbocycles. The third-order valence-electron chi connectivity index (χ3n) is 3.15. The second-order valence-electron chi connectivity index (χ2n) is 4.51. The van der Waals surface area contributed by atoms with E-state index in [1.165, 1.54) is 0 Å². The molecule has 1 amide bonds. The van der Waals surface area contributed by atoms with Gasteiger partial charge in [-0.2, -0.15) is 0 Å². The van der Waals surface area contributed by atoms with E-state index in [1.807, 2.05) is 0 Å². The highest BCUT2D eigenvalue weighted by molar-refractivity contribution is 6.33. The van der Waals surface area contributed by atoms with Gasteiger partial charge in [-0.15, -0.1) is 0 Å². The molecule has 1 aromatic carbocycles. The van der Waals surface area contributed by atoms with Crippen LogP contribution < -0.4 is 15.8 Å². The van der Waals surface area contributed by atoms with Gasteiger partial charge in [0.05, 0.1) is 17.2 Å². The Balaban J connectivity index is 1.93. The average molecular weight is 269 g/mol. The molecule has 2 rings (SSSR count). The number of halogens is 1. The number of amides is 1. The lowest BCUT2D eigenvalue weighted by atomic mass is 9.99. The smallest absolute Gasteiger partial charge is 0.250 e. The van der Waals surface area contributed by atoms with Gasteiger partial charge in [0.1, 0.15) is 5.75 Å². The molecular weight excluding hydrogens is 252 g/mol. The van der Waals surface area contributed by atoms with Gasteiger partial charge in [0, 0.05) is 0 Å². The molecule has 1 aliphatic rings. The monoisotopic (exact) mass is 268 g/mol. The normalized spacial score (nSPS) is 16.5. The summed E-state index contributed by atoms with van der Waals surface area (Å²) in [7, 11) is 0. The van der Waals surface area contributed by atoms with Crippen molar-refractivity contribution < 1.29 is 9.53 Å². The molecule has 3 N–H and O–H groups in total. The number of hydrogen-bond donors (Lipinski definition) is 2. The zero-order valence-electron chi connectivity index (χ0n) is 10.1. The number of hydrogen-bond acceptors (Lipinski definition) is 3. The van der Waals surface area contributed by atoms with E-state index in [1.54, 1.807) is 18.2 Å². The molecule has 4 nitrogen and oxygen atoms in total. The van der Waals surface area contributed by atoms with Gasteiger partial charge < -0.3 is 15.8 Å². The van der Waals surface area contributed by atoms with Gasteiger partial charge in [-0.05, 0) is 50.0 Å². The fraction of sp³-hybridized carbons (Fsp3) is 0.462. The molecule has 1 saturated heterocycles. The van der Waals surface area contributed by atoms with Crippen LogP contribution in [0.15, 0.2) is 18.2 Å². The minimum Gasteiger partial charge on any atom is -0.493 e. The highest BCUT2D eigenvalue weighted by atomic mass is 35.5. The van der Waals surface area contributed by atoms with E-state index in [-0.39, 0.29) is 0 Å². The Kier molecular flexibility index (Phi) is 4.44. The zero-order chi connectivity index (χ0) is 13.0. The fourth-order valence-corrected chi connectivity index (χ4v) is 2.31. The molecule has 1 heterocycles. The van der Waals surface area contributed by atoms with E-state index in [0.29, 0.717) is 28.9 Å². The number of nitrogens with one attached hydrogen (secondary N) is 1. The molecule has 0 radical (unpaired) electrons. The second kappa shape index (κ2) is 6.07. The predicted octanol–water partition coefficient (Wildman–Crippen LogP) is 1.82. The van der Waals surface area contributed by atoms with Gasteiger partial charge in [-0.1, -0.05) is 11.6 Å². The van der Waals surface area contributed by atoms with E-state index in [4.69, 9.17) is 22.1 Å². The summed E-state index contributed by atoms with van der Waals surface area (Å²) < 4.78 is 5.70. The number of nitrogens with two attached hydrogens (primary N) is 1. The van der Waals surface area contributed by atoms with Gasteiger partial charge in [0.2, 0.25) is 5.91 Å². The Morgan fingerprint density at radius 2 is 2.17 bits per heavy atom. The molecule has 0 atom stereocenters. The molecule has 1 fully saturated rings. The van der Waals surface area contributed by atoms with Crippen molar-refractivity contribution in [3.63, 3.8) is 0 Å². The summed E-state index contributed by atoms with van der Waals surface area (Å²) in [6, 6.07) is 4.97. The maximum atomic E-state index is 11.0. The van der Waals surface area contributed by atoms with Gasteiger partial charge >= 0.3 is 0 Å². The molecule has 18 heavy (non-hydrogen) atoms. The lowest BCUT2D eigenvalue weighted by molar-refractivity contribution is 0.100. The summed E-state index contributed by atoms with van der Waals surface area (Å²) in [4.78, 5) is 11.0. The van der Waals surface area contributed by atoms with Crippen LogP contribution in [0, 0.1) is 5.92 Å². The molecule has 0 aliphatic carbocycles. The number of piperidine rings is 1. The Hall–Kier alpha value is -1.26. The van der Waals surface area contributed by atoms with E-state index in [0.717, 1.165) is 25.9 Å². The van der Waals surface area contributed by atoms with Gasteiger partial charge in [-0.3, -0.25) is 4.79 Å². The van der Waals surface area contributed by atoms with Crippen LogP contribution >= 0.6 is 11.6 Å². The highest BCUT2D eigenvalue weighted by Gasteiger charge is 2.14. The molecule has 1 aromatic rings. The molecule has 0 bridgehead atoms. The van der Waals surface area contributed by atoms with E-state index in [9.17, 15) is 4.79 Å². The summed E-state index contributed by atoms with van der Waals surface area (Å²) >= 11 is 5.96. The number of rotatable bonds is 4. The van der Waals surface area contributed by atoms with Crippen LogP contribution in [0.25, 0.3) is 0 Å². The Morgan fingerprint density at radius 3 is 2.78 bits per heavy atom. The Morgan fingerprint density at radius 1 is 1.44 bits per heavy atom. The van der Waals surface area contributed by atoms with E-state index in [2.05, 4.69) is 5.32 Å². The number of carbonyl (C=O) groups is 1. The van der Waals surface area contributed by atoms with Gasteiger partial charge in [-0.25, -0.2) is 0 Å². The zero-order valence-corrected chi connectivity index (χ0v) is 10.9. The highest BCUT2D eigenvalue weighted by Crippen LogP contribution is 2.23. The summed E-state index contributed by atoms with van der Waals surface area (Å²) in [6.45, 7) is 2.79. The first kappa shape index (κ1) is 13.2. The third kappa shape index (κ3) is 3.37. The first-order valence-electron chi connectivity index (χ1n) is 6.09. The Bertz CT molecular complexity index is 431. The topological polar surface area (TPSA) is 64.4 Å². The first-order valence-corrected chi connectivity index (χ1v) is 6.47. The fourth-order valence-electron chi connectivity index (χ4n) is 2.05.